The van der Waals surface area contributed by atoms with Crippen LogP contribution in [0.1, 0.15) is 50.3 Å². The van der Waals surface area contributed by atoms with Gasteiger partial charge in [-0.3, -0.25) is 9.89 Å². The van der Waals surface area contributed by atoms with Crippen LogP contribution in [0.5, 0.6) is 0 Å². The van der Waals surface area contributed by atoms with Crippen LogP contribution in [0.25, 0.3) is 11.3 Å². The number of carbonyl (C=O) groups is 1. The molecular weight excluding hydrogens is 368 g/mol. The third kappa shape index (κ3) is 3.99. The number of anilines is 1. The summed E-state index contributed by atoms with van der Waals surface area (Å²) < 4.78 is 5.46. The fraction of sp³-hybridized carbons (Fsp3) is 0.619. The molecule has 4 rings (SSSR count). The van der Waals surface area contributed by atoms with Crippen molar-refractivity contribution in [3.05, 3.63) is 24.2 Å². The first-order chi connectivity index (χ1) is 14.1. The first-order valence-corrected chi connectivity index (χ1v) is 10.5. The molecule has 29 heavy (non-hydrogen) atoms. The number of methoxy groups -OCH3 is 1. The molecule has 2 fully saturated rings. The van der Waals surface area contributed by atoms with E-state index < -0.39 is 0 Å². The van der Waals surface area contributed by atoms with Gasteiger partial charge in [0.2, 0.25) is 11.9 Å². The number of rotatable bonds is 5. The Morgan fingerprint density at radius 1 is 1.24 bits per heavy atom. The molecule has 2 aromatic heterocycles. The van der Waals surface area contributed by atoms with Crippen LogP contribution in [0, 0.1) is 5.92 Å². The number of amides is 1. The zero-order valence-electron chi connectivity index (χ0n) is 17.5. The molecule has 0 unspecified atom stereocenters. The number of carbonyl (C=O) groups excluding carboxylic acids is 1. The van der Waals surface area contributed by atoms with Gasteiger partial charge in [-0.1, -0.05) is 0 Å². The zero-order valence-corrected chi connectivity index (χ0v) is 17.5. The number of ether oxygens (including phenoxy) is 1. The summed E-state index contributed by atoms with van der Waals surface area (Å²) in [6, 6.07) is 1.92. The molecule has 1 atom stereocenters. The van der Waals surface area contributed by atoms with Crippen LogP contribution in [0.2, 0.25) is 0 Å². The molecule has 8 nitrogen and oxygen atoms in total. The highest BCUT2D eigenvalue weighted by Gasteiger charge is 2.37. The van der Waals surface area contributed by atoms with Crippen molar-refractivity contribution in [2.45, 2.75) is 50.7 Å². The Balaban J connectivity index is 1.55. The molecule has 0 aromatic carbocycles. The first-order valence-electron chi connectivity index (χ1n) is 10.5. The molecule has 1 saturated carbocycles. The number of aromatic amines is 1. The minimum atomic E-state index is 0.0259. The molecule has 0 spiro atoms. The zero-order chi connectivity index (χ0) is 20.4. The van der Waals surface area contributed by atoms with Gasteiger partial charge >= 0.3 is 0 Å². The van der Waals surface area contributed by atoms with Gasteiger partial charge in [-0.15, -0.1) is 0 Å². The van der Waals surface area contributed by atoms with Crippen molar-refractivity contribution in [2.75, 3.05) is 32.6 Å². The highest BCUT2D eigenvalue weighted by molar-refractivity contribution is 5.80. The van der Waals surface area contributed by atoms with Crippen LogP contribution in [-0.2, 0) is 9.53 Å². The number of H-pyrrole nitrogens is 1. The van der Waals surface area contributed by atoms with Crippen LogP contribution < -0.4 is 4.90 Å². The Morgan fingerprint density at radius 2 is 2.03 bits per heavy atom. The van der Waals surface area contributed by atoms with Crippen molar-refractivity contribution in [3.8, 4) is 11.3 Å². The van der Waals surface area contributed by atoms with E-state index in [0.717, 1.165) is 62.0 Å². The predicted octanol–water partition coefficient (Wildman–Crippen LogP) is 2.80. The summed E-state index contributed by atoms with van der Waals surface area (Å²) in [5, 5.41) is 7.45. The maximum Gasteiger partial charge on any atom is 0.226 e. The smallest absolute Gasteiger partial charge is 0.226 e. The Bertz CT molecular complexity index is 843. The normalized spacial score (nSPS) is 24.7. The van der Waals surface area contributed by atoms with Gasteiger partial charge in [0.15, 0.2) is 0 Å². The van der Waals surface area contributed by atoms with Gasteiger partial charge < -0.3 is 14.5 Å². The van der Waals surface area contributed by atoms with Crippen molar-refractivity contribution < 1.29 is 9.53 Å². The second kappa shape index (κ2) is 8.49. The average Bonchev–Trinajstić information content (AvgIpc) is 3.42. The molecule has 156 valence electrons. The van der Waals surface area contributed by atoms with Gasteiger partial charge in [0, 0.05) is 45.4 Å². The number of hydrogen-bond acceptors (Lipinski definition) is 6. The predicted molar refractivity (Wildman–Crippen MR) is 110 cm³/mol. The number of nitrogens with zero attached hydrogens (tertiary/aromatic N) is 5. The molecule has 1 saturated heterocycles. The lowest BCUT2D eigenvalue weighted by Gasteiger charge is -2.32. The van der Waals surface area contributed by atoms with Gasteiger partial charge in [-0.2, -0.15) is 5.10 Å². The molecular formula is C21H30N6O2. The minimum absolute atomic E-state index is 0.0259. The Morgan fingerprint density at radius 3 is 2.76 bits per heavy atom. The van der Waals surface area contributed by atoms with Crippen LogP contribution in [-0.4, -0.2) is 64.8 Å². The average molecular weight is 399 g/mol. The summed E-state index contributed by atoms with van der Waals surface area (Å²) in [6.07, 6.45) is 9.58. The second-order valence-corrected chi connectivity index (χ2v) is 8.23. The van der Waals surface area contributed by atoms with E-state index in [-0.39, 0.29) is 17.9 Å². The number of aromatic nitrogens is 4. The molecule has 2 aromatic rings. The van der Waals surface area contributed by atoms with E-state index in [1.54, 1.807) is 13.3 Å². The number of likely N-dealkylation sites (tertiary alicyclic amines) is 1. The molecule has 1 aliphatic heterocycles. The highest BCUT2D eigenvalue weighted by atomic mass is 16.5. The third-order valence-electron chi connectivity index (χ3n) is 6.21. The standard InChI is InChI=1S/C21H30N6O2/c1-26(2)21-22-11-10-17(24-21)16-13-23-25-19(16)18-5-4-12-27(18)20(28)14-6-8-15(29-3)9-7-14/h10-11,13-15,18H,4-9,12H2,1-3H3,(H,23,25)/t14?,15?,18-/m1/s1. The summed E-state index contributed by atoms with van der Waals surface area (Å²) in [6.45, 7) is 0.804. The van der Waals surface area contributed by atoms with Crippen LogP contribution in [0.3, 0.4) is 0 Å². The van der Waals surface area contributed by atoms with E-state index in [4.69, 9.17) is 4.74 Å². The molecule has 1 aliphatic carbocycles. The highest BCUT2D eigenvalue weighted by Crippen LogP contribution is 2.38. The molecule has 0 bridgehead atoms. The largest absolute Gasteiger partial charge is 0.381 e. The van der Waals surface area contributed by atoms with Gasteiger partial charge in [0.05, 0.1) is 29.7 Å². The lowest BCUT2D eigenvalue weighted by atomic mass is 9.86. The summed E-state index contributed by atoms with van der Waals surface area (Å²) in [7, 11) is 5.61. The Labute approximate surface area is 171 Å². The van der Waals surface area contributed by atoms with Crippen molar-refractivity contribution in [1.29, 1.82) is 0 Å². The number of nitrogens with one attached hydrogen (secondary N) is 1. The molecule has 2 aliphatic rings. The Kier molecular flexibility index (Phi) is 5.80. The van der Waals surface area contributed by atoms with Crippen LogP contribution in [0.4, 0.5) is 5.95 Å². The van der Waals surface area contributed by atoms with E-state index in [0.29, 0.717) is 12.1 Å². The molecule has 1 amide bonds. The minimum Gasteiger partial charge on any atom is -0.381 e. The molecule has 0 radical (unpaired) electrons. The van der Waals surface area contributed by atoms with Gasteiger partial charge in [0.1, 0.15) is 0 Å². The van der Waals surface area contributed by atoms with E-state index in [2.05, 4.69) is 25.1 Å². The van der Waals surface area contributed by atoms with E-state index in [9.17, 15) is 4.79 Å². The van der Waals surface area contributed by atoms with Crippen LogP contribution >= 0.6 is 0 Å². The maximum atomic E-state index is 13.3. The van der Waals surface area contributed by atoms with E-state index >= 15 is 0 Å². The molecule has 8 heteroatoms. The van der Waals surface area contributed by atoms with Crippen molar-refractivity contribution in [1.82, 2.24) is 25.1 Å². The van der Waals surface area contributed by atoms with Gasteiger partial charge in [-0.25, -0.2) is 9.97 Å². The monoisotopic (exact) mass is 398 g/mol. The lowest BCUT2D eigenvalue weighted by molar-refractivity contribution is -0.138. The van der Waals surface area contributed by atoms with Gasteiger partial charge in [0.25, 0.3) is 0 Å². The molecule has 1 N–H and O–H groups in total. The second-order valence-electron chi connectivity index (χ2n) is 8.23. The summed E-state index contributed by atoms with van der Waals surface area (Å²) in [4.78, 5) is 26.2. The van der Waals surface area contributed by atoms with Gasteiger partial charge in [-0.05, 0) is 44.6 Å². The number of hydrogen-bond donors (Lipinski definition) is 1. The fourth-order valence-corrected chi connectivity index (χ4v) is 4.58. The van der Waals surface area contributed by atoms with Crippen molar-refractivity contribution in [2.24, 2.45) is 5.92 Å². The summed E-state index contributed by atoms with van der Waals surface area (Å²) in [5.74, 6) is 1.04. The molecule has 3 heterocycles. The third-order valence-corrected chi connectivity index (χ3v) is 6.21. The summed E-state index contributed by atoms with van der Waals surface area (Å²) in [5.41, 5.74) is 2.75. The summed E-state index contributed by atoms with van der Waals surface area (Å²) >= 11 is 0. The van der Waals surface area contributed by atoms with E-state index in [1.165, 1.54) is 0 Å². The quantitative estimate of drug-likeness (QED) is 0.833. The van der Waals surface area contributed by atoms with Crippen molar-refractivity contribution in [3.63, 3.8) is 0 Å². The maximum absolute atomic E-state index is 13.3. The lowest BCUT2D eigenvalue weighted by Crippen LogP contribution is -2.38. The van der Waals surface area contributed by atoms with E-state index in [1.807, 2.05) is 31.3 Å². The topological polar surface area (TPSA) is 87.2 Å². The SMILES string of the molecule is COC1CCC(C(=O)N2CCC[C@@H]2c2[nH]ncc2-c2ccnc(N(C)C)n2)CC1. The van der Waals surface area contributed by atoms with Crippen LogP contribution in [0.15, 0.2) is 18.5 Å². The fourth-order valence-electron chi connectivity index (χ4n) is 4.58. The van der Waals surface area contributed by atoms with Crippen molar-refractivity contribution >= 4 is 11.9 Å². The first kappa shape index (κ1) is 19.8. The Hall–Kier alpha value is -2.48.